The molecule has 0 fully saturated rings. The lowest BCUT2D eigenvalue weighted by atomic mass is 9.78. The lowest BCUT2D eigenvalue weighted by molar-refractivity contribution is -0.145. The zero-order valence-electron chi connectivity index (χ0n) is 13.5. The monoisotopic (exact) mass is 314 g/mol. The Kier molecular flexibility index (Phi) is 3.80. The molecule has 0 radical (unpaired) electrons. The molecule has 1 aliphatic rings. The van der Waals surface area contributed by atoms with Crippen LogP contribution in [0.2, 0.25) is 0 Å². The molecule has 5 heteroatoms. The van der Waals surface area contributed by atoms with E-state index in [1.165, 1.54) is 13.2 Å². The normalized spacial score (nSPS) is 20.4. The van der Waals surface area contributed by atoms with Crippen molar-refractivity contribution in [1.82, 2.24) is 9.78 Å². The Morgan fingerprint density at radius 2 is 2.17 bits per heavy atom. The average molecular weight is 314 g/mol. The molecule has 1 unspecified atom stereocenters. The quantitative estimate of drug-likeness (QED) is 0.818. The summed E-state index contributed by atoms with van der Waals surface area (Å²) in [5, 5.41) is 4.18. The third-order valence-corrected chi connectivity index (χ3v) is 4.66. The zero-order chi connectivity index (χ0) is 16.6. The molecule has 0 amide bonds. The maximum absolute atomic E-state index is 14.0. The standard InChI is InChI=1S/C18H19FN2O2/c1-12-14(5-4-6-15(12)19)18(17(22)23-3)9-7-13(11-18)16-8-10-20-21(16)2/h4-6,8,10-11H,7,9H2,1-3H3. The molecule has 0 aliphatic heterocycles. The molecule has 1 aromatic heterocycles. The van der Waals surface area contributed by atoms with Crippen LogP contribution < -0.4 is 0 Å². The molecule has 1 aliphatic carbocycles. The van der Waals surface area contributed by atoms with Crippen LogP contribution in [0.4, 0.5) is 4.39 Å². The van der Waals surface area contributed by atoms with Gasteiger partial charge in [0.15, 0.2) is 0 Å². The number of hydrogen-bond acceptors (Lipinski definition) is 3. The van der Waals surface area contributed by atoms with Gasteiger partial charge in [0.25, 0.3) is 0 Å². The summed E-state index contributed by atoms with van der Waals surface area (Å²) in [5.74, 6) is -0.670. The summed E-state index contributed by atoms with van der Waals surface area (Å²) in [5.41, 5.74) is 2.20. The number of aryl methyl sites for hydroxylation is 1. The van der Waals surface area contributed by atoms with Crippen molar-refractivity contribution in [1.29, 1.82) is 0 Å². The highest BCUT2D eigenvalue weighted by molar-refractivity contribution is 5.91. The van der Waals surface area contributed by atoms with Crippen molar-refractivity contribution < 1.29 is 13.9 Å². The lowest BCUT2D eigenvalue weighted by Crippen LogP contribution is -2.34. The molecule has 23 heavy (non-hydrogen) atoms. The van der Waals surface area contributed by atoms with Crippen LogP contribution in [0.15, 0.2) is 36.5 Å². The van der Waals surface area contributed by atoms with Crippen LogP contribution in [-0.4, -0.2) is 22.9 Å². The molecule has 0 bridgehead atoms. The van der Waals surface area contributed by atoms with Gasteiger partial charge in [0.1, 0.15) is 11.2 Å². The molecule has 120 valence electrons. The van der Waals surface area contributed by atoms with Gasteiger partial charge in [-0.1, -0.05) is 18.2 Å². The Morgan fingerprint density at radius 1 is 1.39 bits per heavy atom. The van der Waals surface area contributed by atoms with Crippen molar-refractivity contribution >= 4 is 11.5 Å². The van der Waals surface area contributed by atoms with E-state index >= 15 is 0 Å². The zero-order valence-corrected chi connectivity index (χ0v) is 13.5. The minimum absolute atomic E-state index is 0.312. The molecular formula is C18H19FN2O2. The van der Waals surface area contributed by atoms with Crippen molar-refractivity contribution in [3.63, 3.8) is 0 Å². The number of nitrogens with zero attached hydrogens (tertiary/aromatic N) is 2. The number of methoxy groups -OCH3 is 1. The number of hydrogen-bond donors (Lipinski definition) is 0. The molecule has 1 heterocycles. The van der Waals surface area contributed by atoms with Crippen molar-refractivity contribution in [2.75, 3.05) is 7.11 Å². The minimum atomic E-state index is -0.944. The second-order valence-electron chi connectivity index (χ2n) is 5.88. The number of carbonyl (C=O) groups is 1. The second-order valence-corrected chi connectivity index (χ2v) is 5.88. The van der Waals surface area contributed by atoms with E-state index < -0.39 is 5.41 Å². The Balaban J connectivity index is 2.17. The number of allylic oxidation sites excluding steroid dienone is 1. The maximum Gasteiger partial charge on any atom is 0.320 e. The Bertz CT molecular complexity index is 794. The van der Waals surface area contributed by atoms with Crippen molar-refractivity contribution in [2.45, 2.75) is 25.2 Å². The van der Waals surface area contributed by atoms with E-state index in [4.69, 9.17) is 4.74 Å². The Morgan fingerprint density at radius 3 is 2.83 bits per heavy atom. The summed E-state index contributed by atoms with van der Waals surface area (Å²) in [6.45, 7) is 1.70. The van der Waals surface area contributed by atoms with Gasteiger partial charge in [-0.2, -0.15) is 5.10 Å². The largest absolute Gasteiger partial charge is 0.468 e. The highest BCUT2D eigenvalue weighted by Crippen LogP contribution is 2.44. The summed E-state index contributed by atoms with van der Waals surface area (Å²) >= 11 is 0. The fourth-order valence-corrected chi connectivity index (χ4v) is 3.42. The molecule has 1 aromatic carbocycles. The third kappa shape index (κ3) is 2.36. The molecular weight excluding hydrogens is 295 g/mol. The van der Waals surface area contributed by atoms with Crippen LogP contribution in [0.3, 0.4) is 0 Å². The summed E-state index contributed by atoms with van der Waals surface area (Å²) in [7, 11) is 3.23. The van der Waals surface area contributed by atoms with E-state index in [9.17, 15) is 9.18 Å². The molecule has 4 nitrogen and oxygen atoms in total. The first-order valence-electron chi connectivity index (χ1n) is 7.53. The maximum atomic E-state index is 14.0. The number of aromatic nitrogens is 2. The number of rotatable bonds is 3. The second kappa shape index (κ2) is 5.65. The predicted molar refractivity (Wildman–Crippen MR) is 85.3 cm³/mol. The third-order valence-electron chi connectivity index (χ3n) is 4.66. The SMILES string of the molecule is COC(=O)C1(c2cccc(F)c2C)C=C(c2ccnn2C)CC1. The highest BCUT2D eigenvalue weighted by atomic mass is 19.1. The lowest BCUT2D eigenvalue weighted by Gasteiger charge is -2.26. The van der Waals surface area contributed by atoms with Crippen molar-refractivity contribution in [3.8, 4) is 0 Å². The Hall–Kier alpha value is -2.43. The number of halogens is 1. The van der Waals surface area contributed by atoms with Crippen LogP contribution in [0, 0.1) is 12.7 Å². The van der Waals surface area contributed by atoms with E-state index in [-0.39, 0.29) is 11.8 Å². The van der Waals surface area contributed by atoms with Gasteiger partial charge in [-0.3, -0.25) is 9.48 Å². The molecule has 0 saturated carbocycles. The first-order valence-corrected chi connectivity index (χ1v) is 7.53. The van der Waals surface area contributed by atoms with Gasteiger partial charge in [0, 0.05) is 13.2 Å². The fourth-order valence-electron chi connectivity index (χ4n) is 3.42. The van der Waals surface area contributed by atoms with Crippen LogP contribution >= 0.6 is 0 Å². The minimum Gasteiger partial charge on any atom is -0.468 e. The van der Waals surface area contributed by atoms with Gasteiger partial charge in [0.05, 0.1) is 12.8 Å². The predicted octanol–water partition coefficient (Wildman–Crippen LogP) is 3.16. The van der Waals surface area contributed by atoms with Gasteiger partial charge >= 0.3 is 5.97 Å². The molecule has 3 rings (SSSR count). The van der Waals surface area contributed by atoms with Crippen LogP contribution in [0.25, 0.3) is 5.57 Å². The fraction of sp³-hybridized carbons (Fsp3) is 0.333. The summed E-state index contributed by atoms with van der Waals surface area (Å²) < 4.78 is 20.8. The number of carbonyl (C=O) groups excluding carboxylic acids is 1. The summed E-state index contributed by atoms with van der Waals surface area (Å²) in [6, 6.07) is 6.76. The van der Waals surface area contributed by atoms with Crippen LogP contribution in [0.5, 0.6) is 0 Å². The highest BCUT2D eigenvalue weighted by Gasteiger charge is 2.44. The summed E-state index contributed by atoms with van der Waals surface area (Å²) in [4.78, 5) is 12.6. The van der Waals surface area contributed by atoms with E-state index in [2.05, 4.69) is 5.10 Å². The van der Waals surface area contributed by atoms with Crippen molar-refractivity contribution in [3.05, 3.63) is 59.2 Å². The molecule has 0 N–H and O–H groups in total. The van der Waals surface area contributed by atoms with E-state index in [0.717, 1.165) is 11.3 Å². The smallest absolute Gasteiger partial charge is 0.320 e. The molecule has 0 saturated heterocycles. The van der Waals surface area contributed by atoms with E-state index in [0.29, 0.717) is 24.0 Å². The van der Waals surface area contributed by atoms with Gasteiger partial charge in [0.2, 0.25) is 0 Å². The van der Waals surface area contributed by atoms with Crippen LogP contribution in [0.1, 0.15) is 29.7 Å². The number of ether oxygens (including phenoxy) is 1. The van der Waals surface area contributed by atoms with Crippen molar-refractivity contribution in [2.24, 2.45) is 7.05 Å². The molecule has 0 spiro atoms. The van der Waals surface area contributed by atoms with Gasteiger partial charge < -0.3 is 4.74 Å². The average Bonchev–Trinajstić information content (AvgIpc) is 3.16. The number of benzene rings is 1. The molecule has 1 atom stereocenters. The Labute approximate surface area is 134 Å². The van der Waals surface area contributed by atoms with Gasteiger partial charge in [-0.25, -0.2) is 4.39 Å². The van der Waals surface area contributed by atoms with Crippen LogP contribution in [-0.2, 0) is 22.0 Å². The van der Waals surface area contributed by atoms with E-state index in [1.54, 1.807) is 29.9 Å². The van der Waals surface area contributed by atoms with Gasteiger partial charge in [-0.05, 0) is 48.6 Å². The number of esters is 1. The summed E-state index contributed by atoms with van der Waals surface area (Å²) in [6.07, 6.45) is 4.91. The topological polar surface area (TPSA) is 44.1 Å². The molecule has 2 aromatic rings. The first kappa shape index (κ1) is 15.5. The van der Waals surface area contributed by atoms with Gasteiger partial charge in [-0.15, -0.1) is 0 Å². The first-order chi connectivity index (χ1) is 11.0. The van der Waals surface area contributed by atoms with E-state index in [1.807, 2.05) is 19.2 Å².